The zero-order valence-electron chi connectivity index (χ0n) is 21.5. The van der Waals surface area contributed by atoms with Crippen LogP contribution in [0.25, 0.3) is 0 Å². The Bertz CT molecular complexity index is 1430. The fourth-order valence-corrected chi connectivity index (χ4v) is 5.35. The average Bonchev–Trinajstić information content (AvgIpc) is 3.45. The zero-order valence-corrected chi connectivity index (χ0v) is 21.5. The number of hydrogen-bond donors (Lipinski definition) is 1. The summed E-state index contributed by atoms with van der Waals surface area (Å²) in [6, 6.07) is 37.0. The SMILES string of the molecule is CC1(C)OCc2cc(C(O)c3cn(C(c4ccccc4)(c4ccccc4)c4ccccc4)cn3)ccc2O1. The van der Waals surface area contributed by atoms with Crippen LogP contribution in [0.5, 0.6) is 5.75 Å². The van der Waals surface area contributed by atoms with Crippen molar-refractivity contribution in [2.45, 2.75) is 37.9 Å². The van der Waals surface area contributed by atoms with Gasteiger partial charge < -0.3 is 19.1 Å². The highest BCUT2D eigenvalue weighted by atomic mass is 16.7. The Morgan fingerprint density at radius 3 is 1.92 bits per heavy atom. The van der Waals surface area contributed by atoms with Crippen LogP contribution in [0.15, 0.2) is 122 Å². The van der Waals surface area contributed by atoms with Crippen molar-refractivity contribution in [1.29, 1.82) is 0 Å². The third-order valence-electron chi connectivity index (χ3n) is 7.18. The average molecular weight is 503 g/mol. The number of aromatic nitrogens is 2. The molecule has 6 rings (SSSR count). The maximum absolute atomic E-state index is 11.4. The van der Waals surface area contributed by atoms with Crippen LogP contribution in [0.1, 0.15) is 53.5 Å². The molecule has 1 aliphatic rings. The Kier molecular flexibility index (Phi) is 6.10. The molecule has 0 saturated heterocycles. The van der Waals surface area contributed by atoms with Gasteiger partial charge in [-0.3, -0.25) is 0 Å². The molecule has 5 nitrogen and oxygen atoms in total. The number of aliphatic hydroxyl groups excluding tert-OH is 1. The van der Waals surface area contributed by atoms with E-state index in [0.29, 0.717) is 12.3 Å². The summed E-state index contributed by atoms with van der Waals surface area (Å²) in [7, 11) is 0. The van der Waals surface area contributed by atoms with Crippen molar-refractivity contribution in [3.05, 3.63) is 155 Å². The van der Waals surface area contributed by atoms with Crippen LogP contribution in [0, 0.1) is 0 Å². The molecular formula is C33H30N2O3. The quantitative estimate of drug-likeness (QED) is 0.271. The molecule has 1 atom stereocenters. The highest BCUT2D eigenvalue weighted by Gasteiger charge is 2.38. The van der Waals surface area contributed by atoms with Crippen LogP contribution in [0.3, 0.4) is 0 Å². The van der Waals surface area contributed by atoms with Gasteiger partial charge in [-0.15, -0.1) is 0 Å². The minimum absolute atomic E-state index is 0.427. The Labute approximate surface area is 223 Å². The summed E-state index contributed by atoms with van der Waals surface area (Å²) in [6.45, 7) is 4.21. The number of hydrogen-bond acceptors (Lipinski definition) is 4. The van der Waals surface area contributed by atoms with Gasteiger partial charge >= 0.3 is 0 Å². The van der Waals surface area contributed by atoms with Crippen LogP contribution in [0.2, 0.25) is 0 Å². The molecule has 190 valence electrons. The maximum Gasteiger partial charge on any atom is 0.205 e. The second kappa shape index (κ2) is 9.60. The number of benzene rings is 4. The van der Waals surface area contributed by atoms with Crippen LogP contribution in [-0.4, -0.2) is 20.4 Å². The van der Waals surface area contributed by atoms with Gasteiger partial charge in [0.05, 0.1) is 18.6 Å². The summed E-state index contributed by atoms with van der Waals surface area (Å²) in [5, 5.41) is 11.4. The second-order valence-electron chi connectivity index (χ2n) is 10.1. The lowest BCUT2D eigenvalue weighted by Gasteiger charge is -2.37. The molecule has 2 heterocycles. The summed E-state index contributed by atoms with van der Waals surface area (Å²) < 4.78 is 13.8. The molecule has 4 aromatic carbocycles. The largest absolute Gasteiger partial charge is 0.463 e. The first kappa shape index (κ1) is 24.2. The van der Waals surface area contributed by atoms with Crippen LogP contribution >= 0.6 is 0 Å². The van der Waals surface area contributed by atoms with E-state index in [9.17, 15) is 5.11 Å². The van der Waals surface area contributed by atoms with Gasteiger partial charge in [0.15, 0.2) is 0 Å². The van der Waals surface area contributed by atoms with E-state index in [0.717, 1.165) is 33.6 Å². The fourth-order valence-electron chi connectivity index (χ4n) is 5.35. The molecule has 0 amide bonds. The van der Waals surface area contributed by atoms with E-state index in [2.05, 4.69) is 77.4 Å². The number of rotatable bonds is 6. The van der Waals surface area contributed by atoms with Crippen molar-refractivity contribution in [2.75, 3.05) is 0 Å². The van der Waals surface area contributed by atoms with Gasteiger partial charge in [-0.05, 0) is 34.4 Å². The van der Waals surface area contributed by atoms with Crippen molar-refractivity contribution < 1.29 is 14.6 Å². The maximum atomic E-state index is 11.4. The summed E-state index contributed by atoms with van der Waals surface area (Å²) in [6.07, 6.45) is 2.86. The van der Waals surface area contributed by atoms with E-state index in [1.807, 2.05) is 62.8 Å². The van der Waals surface area contributed by atoms with Crippen molar-refractivity contribution >= 4 is 0 Å². The third kappa shape index (κ3) is 4.20. The lowest BCUT2D eigenvalue weighted by molar-refractivity contribution is -0.180. The smallest absolute Gasteiger partial charge is 0.205 e. The van der Waals surface area contributed by atoms with Gasteiger partial charge in [0, 0.05) is 25.6 Å². The third-order valence-corrected chi connectivity index (χ3v) is 7.18. The monoisotopic (exact) mass is 502 g/mol. The van der Waals surface area contributed by atoms with Crippen molar-refractivity contribution in [1.82, 2.24) is 9.55 Å². The first-order chi connectivity index (χ1) is 18.5. The number of imidazole rings is 1. The van der Waals surface area contributed by atoms with Crippen LogP contribution in [0.4, 0.5) is 0 Å². The zero-order chi connectivity index (χ0) is 26.2. The highest BCUT2D eigenvalue weighted by molar-refractivity contribution is 5.51. The van der Waals surface area contributed by atoms with Crippen LogP contribution < -0.4 is 4.74 Å². The van der Waals surface area contributed by atoms with Gasteiger partial charge in [-0.1, -0.05) is 97.1 Å². The van der Waals surface area contributed by atoms with Gasteiger partial charge in [-0.2, -0.15) is 0 Å². The molecule has 0 aliphatic carbocycles. The summed E-state index contributed by atoms with van der Waals surface area (Å²) in [5.41, 5.74) is 4.83. The second-order valence-corrected chi connectivity index (χ2v) is 10.1. The van der Waals surface area contributed by atoms with E-state index in [-0.39, 0.29) is 0 Å². The van der Waals surface area contributed by atoms with E-state index < -0.39 is 17.4 Å². The van der Waals surface area contributed by atoms with Crippen LogP contribution in [-0.2, 0) is 16.9 Å². The fraction of sp³-hybridized carbons (Fsp3) is 0.182. The summed E-state index contributed by atoms with van der Waals surface area (Å²) >= 11 is 0. The molecular weight excluding hydrogens is 472 g/mol. The van der Waals surface area contributed by atoms with Gasteiger partial charge in [0.1, 0.15) is 17.4 Å². The molecule has 0 fully saturated rings. The van der Waals surface area contributed by atoms with Gasteiger partial charge in [0.25, 0.3) is 0 Å². The first-order valence-electron chi connectivity index (χ1n) is 12.8. The van der Waals surface area contributed by atoms with E-state index in [1.165, 1.54) is 0 Å². The Morgan fingerprint density at radius 1 is 0.816 bits per heavy atom. The van der Waals surface area contributed by atoms with Crippen molar-refractivity contribution in [2.24, 2.45) is 0 Å². The number of nitrogens with zero attached hydrogens (tertiary/aromatic N) is 2. The van der Waals surface area contributed by atoms with E-state index in [4.69, 9.17) is 14.5 Å². The highest BCUT2D eigenvalue weighted by Crippen LogP contribution is 2.41. The van der Waals surface area contributed by atoms with E-state index in [1.54, 1.807) is 0 Å². The standard InChI is InChI=1S/C33H30N2O3/c1-32(2)37-22-25-20-24(18-19-30(25)38-32)31(36)29-21-35(23-34-29)33(26-12-6-3-7-13-26,27-14-8-4-9-15-27)28-16-10-5-11-17-28/h3-21,23,31,36H,22H2,1-2H3. The predicted octanol–water partition coefficient (Wildman–Crippen LogP) is 6.45. The minimum atomic E-state index is -0.906. The molecule has 1 aliphatic heterocycles. The van der Waals surface area contributed by atoms with Crippen molar-refractivity contribution in [3.8, 4) is 5.75 Å². The van der Waals surface area contributed by atoms with Crippen molar-refractivity contribution in [3.63, 3.8) is 0 Å². The Balaban J connectivity index is 1.47. The summed E-state index contributed by atoms with van der Waals surface area (Å²) in [5.74, 6) is 0.112. The topological polar surface area (TPSA) is 56.5 Å². The first-order valence-corrected chi connectivity index (χ1v) is 12.8. The summed E-state index contributed by atoms with van der Waals surface area (Å²) in [4.78, 5) is 4.72. The normalized spacial score (nSPS) is 15.3. The molecule has 1 aromatic heterocycles. The molecule has 0 saturated carbocycles. The lowest BCUT2D eigenvalue weighted by atomic mass is 9.77. The Hall–Kier alpha value is -4.19. The Morgan fingerprint density at radius 2 is 1.37 bits per heavy atom. The van der Waals surface area contributed by atoms with Gasteiger partial charge in [0.2, 0.25) is 5.79 Å². The number of fused-ring (bicyclic) bond motifs is 1. The number of ether oxygens (including phenoxy) is 2. The predicted molar refractivity (Wildman–Crippen MR) is 147 cm³/mol. The molecule has 38 heavy (non-hydrogen) atoms. The van der Waals surface area contributed by atoms with Gasteiger partial charge in [-0.25, -0.2) is 4.98 Å². The number of aliphatic hydroxyl groups is 1. The molecule has 1 N–H and O–H groups in total. The molecule has 0 bridgehead atoms. The molecule has 0 radical (unpaired) electrons. The molecule has 0 spiro atoms. The molecule has 1 unspecified atom stereocenters. The molecule has 5 aromatic rings. The molecule has 5 heteroatoms. The van der Waals surface area contributed by atoms with E-state index >= 15 is 0 Å². The minimum Gasteiger partial charge on any atom is -0.463 e. The lowest BCUT2D eigenvalue weighted by Crippen LogP contribution is -2.37.